The van der Waals surface area contributed by atoms with Gasteiger partial charge in [0.05, 0.1) is 6.04 Å². The van der Waals surface area contributed by atoms with Gasteiger partial charge in [0.2, 0.25) is 5.89 Å². The third-order valence-electron chi connectivity index (χ3n) is 2.33. The van der Waals surface area contributed by atoms with Gasteiger partial charge in [-0.2, -0.15) is 16.7 Å². The highest BCUT2D eigenvalue weighted by Gasteiger charge is 2.20. The topological polar surface area (TPSA) is 51.0 Å². The fraction of sp³-hybridized carbons (Fsp3) is 0.778. The van der Waals surface area contributed by atoms with Gasteiger partial charge >= 0.3 is 0 Å². The lowest BCUT2D eigenvalue weighted by atomic mass is 10.2. The highest BCUT2D eigenvalue weighted by Crippen LogP contribution is 2.20. The van der Waals surface area contributed by atoms with E-state index in [-0.39, 0.29) is 6.04 Å². The summed E-state index contributed by atoms with van der Waals surface area (Å²) >= 11 is 2.00. The Morgan fingerprint density at radius 1 is 1.64 bits per heavy atom. The zero-order valence-corrected chi connectivity index (χ0v) is 9.30. The number of thioether (sulfide) groups is 1. The number of aryl methyl sites for hydroxylation is 1. The average Bonchev–Trinajstić information content (AvgIpc) is 2.75. The SMILES string of the molecule is Cc1noc(C(C)NC2CCSC2)n1. The molecular weight excluding hydrogens is 198 g/mol. The summed E-state index contributed by atoms with van der Waals surface area (Å²) in [5, 5.41) is 7.27. The van der Waals surface area contributed by atoms with Gasteiger partial charge in [0.15, 0.2) is 5.82 Å². The van der Waals surface area contributed by atoms with Gasteiger partial charge in [-0.05, 0) is 26.0 Å². The summed E-state index contributed by atoms with van der Waals surface area (Å²) < 4.78 is 5.11. The van der Waals surface area contributed by atoms with Crippen LogP contribution < -0.4 is 5.32 Å². The van der Waals surface area contributed by atoms with Gasteiger partial charge in [-0.1, -0.05) is 5.16 Å². The summed E-state index contributed by atoms with van der Waals surface area (Å²) in [6.45, 7) is 3.90. The number of rotatable bonds is 3. The number of aromatic nitrogens is 2. The van der Waals surface area contributed by atoms with Crippen LogP contribution in [-0.4, -0.2) is 27.7 Å². The maximum absolute atomic E-state index is 5.11. The van der Waals surface area contributed by atoms with Crippen molar-refractivity contribution in [1.29, 1.82) is 0 Å². The van der Waals surface area contributed by atoms with E-state index in [1.54, 1.807) is 0 Å². The zero-order chi connectivity index (χ0) is 9.97. The third kappa shape index (κ3) is 2.27. The van der Waals surface area contributed by atoms with E-state index in [2.05, 4.69) is 22.4 Å². The first-order chi connectivity index (χ1) is 6.75. The fourth-order valence-electron chi connectivity index (χ4n) is 1.58. The van der Waals surface area contributed by atoms with Crippen molar-refractivity contribution in [2.75, 3.05) is 11.5 Å². The van der Waals surface area contributed by atoms with E-state index in [1.165, 1.54) is 17.9 Å². The Morgan fingerprint density at radius 2 is 2.50 bits per heavy atom. The lowest BCUT2D eigenvalue weighted by molar-refractivity contribution is 0.326. The minimum Gasteiger partial charge on any atom is -0.338 e. The van der Waals surface area contributed by atoms with Crippen LogP contribution in [0.4, 0.5) is 0 Å². The number of hydrogen-bond acceptors (Lipinski definition) is 5. The highest BCUT2D eigenvalue weighted by atomic mass is 32.2. The van der Waals surface area contributed by atoms with Crippen LogP contribution >= 0.6 is 11.8 Å². The molecule has 2 unspecified atom stereocenters. The van der Waals surface area contributed by atoms with Crippen molar-refractivity contribution in [2.24, 2.45) is 0 Å². The normalized spacial score (nSPS) is 24.0. The number of nitrogens with one attached hydrogen (secondary N) is 1. The predicted octanol–water partition coefficient (Wildman–Crippen LogP) is 1.53. The average molecular weight is 213 g/mol. The second-order valence-electron chi connectivity index (χ2n) is 3.63. The maximum atomic E-state index is 5.11. The molecule has 1 aromatic heterocycles. The Bertz CT molecular complexity index is 296. The van der Waals surface area contributed by atoms with Crippen molar-refractivity contribution in [3.05, 3.63) is 11.7 Å². The molecule has 0 aromatic carbocycles. The van der Waals surface area contributed by atoms with Crippen LogP contribution in [-0.2, 0) is 0 Å². The van der Waals surface area contributed by atoms with Crippen LogP contribution in [0.15, 0.2) is 4.52 Å². The molecule has 4 nitrogen and oxygen atoms in total. The van der Waals surface area contributed by atoms with Gasteiger partial charge < -0.3 is 9.84 Å². The van der Waals surface area contributed by atoms with Gasteiger partial charge in [0.1, 0.15) is 0 Å². The summed E-state index contributed by atoms with van der Waals surface area (Å²) in [6, 6.07) is 0.766. The van der Waals surface area contributed by atoms with E-state index in [0.29, 0.717) is 17.8 Å². The lowest BCUT2D eigenvalue weighted by Crippen LogP contribution is -2.31. The van der Waals surface area contributed by atoms with E-state index in [9.17, 15) is 0 Å². The molecule has 0 bridgehead atoms. The quantitative estimate of drug-likeness (QED) is 0.825. The van der Waals surface area contributed by atoms with E-state index in [1.807, 2.05) is 18.7 Å². The molecule has 1 fully saturated rings. The van der Waals surface area contributed by atoms with Gasteiger partial charge in [0.25, 0.3) is 0 Å². The van der Waals surface area contributed by atoms with Crippen LogP contribution in [0, 0.1) is 6.92 Å². The summed E-state index contributed by atoms with van der Waals surface area (Å²) in [7, 11) is 0. The van der Waals surface area contributed by atoms with Crippen molar-refractivity contribution >= 4 is 11.8 Å². The van der Waals surface area contributed by atoms with E-state index in [4.69, 9.17) is 4.52 Å². The zero-order valence-electron chi connectivity index (χ0n) is 8.49. The molecule has 1 aliphatic rings. The van der Waals surface area contributed by atoms with E-state index >= 15 is 0 Å². The Kier molecular flexibility index (Phi) is 3.08. The molecule has 78 valence electrons. The standard InChI is InChI=1S/C9H15N3OS/c1-6(9-11-7(2)12-13-9)10-8-3-4-14-5-8/h6,8,10H,3-5H2,1-2H3. The van der Waals surface area contributed by atoms with Crippen LogP contribution in [0.25, 0.3) is 0 Å². The first kappa shape index (κ1) is 9.98. The smallest absolute Gasteiger partial charge is 0.243 e. The highest BCUT2D eigenvalue weighted by molar-refractivity contribution is 7.99. The Labute approximate surface area is 87.8 Å². The Morgan fingerprint density at radius 3 is 3.07 bits per heavy atom. The van der Waals surface area contributed by atoms with Crippen LogP contribution in [0.3, 0.4) is 0 Å². The molecule has 0 spiro atoms. The maximum Gasteiger partial charge on any atom is 0.243 e. The molecule has 0 amide bonds. The molecule has 0 radical (unpaired) electrons. The second kappa shape index (κ2) is 4.31. The molecule has 1 aliphatic heterocycles. The van der Waals surface area contributed by atoms with Crippen molar-refractivity contribution in [1.82, 2.24) is 15.5 Å². The first-order valence-corrected chi connectivity index (χ1v) is 6.05. The van der Waals surface area contributed by atoms with Crippen LogP contribution in [0.2, 0.25) is 0 Å². The molecule has 2 heterocycles. The summed E-state index contributed by atoms with van der Waals surface area (Å²) in [5.41, 5.74) is 0. The molecule has 2 rings (SSSR count). The van der Waals surface area contributed by atoms with Crippen molar-refractivity contribution in [3.8, 4) is 0 Å². The van der Waals surface area contributed by atoms with Crippen molar-refractivity contribution < 1.29 is 4.52 Å². The molecule has 0 aliphatic carbocycles. The second-order valence-corrected chi connectivity index (χ2v) is 4.78. The molecule has 1 aromatic rings. The molecule has 1 saturated heterocycles. The fourth-order valence-corrected chi connectivity index (χ4v) is 2.75. The Balaban J connectivity index is 1.91. The minimum absolute atomic E-state index is 0.167. The molecule has 0 saturated carbocycles. The molecule has 2 atom stereocenters. The third-order valence-corrected chi connectivity index (χ3v) is 3.49. The number of nitrogens with zero attached hydrogens (tertiary/aromatic N) is 2. The largest absolute Gasteiger partial charge is 0.338 e. The first-order valence-electron chi connectivity index (χ1n) is 4.89. The van der Waals surface area contributed by atoms with E-state index < -0.39 is 0 Å². The summed E-state index contributed by atoms with van der Waals surface area (Å²) in [4.78, 5) is 4.21. The van der Waals surface area contributed by atoms with E-state index in [0.717, 1.165) is 0 Å². The van der Waals surface area contributed by atoms with Crippen LogP contribution in [0.5, 0.6) is 0 Å². The number of hydrogen-bond donors (Lipinski definition) is 1. The predicted molar refractivity (Wildman–Crippen MR) is 56.3 cm³/mol. The summed E-state index contributed by atoms with van der Waals surface area (Å²) in [6.07, 6.45) is 1.24. The monoisotopic (exact) mass is 213 g/mol. The van der Waals surface area contributed by atoms with Gasteiger partial charge in [-0.15, -0.1) is 0 Å². The molecule has 14 heavy (non-hydrogen) atoms. The molecule has 1 N–H and O–H groups in total. The molecule has 5 heteroatoms. The van der Waals surface area contributed by atoms with Gasteiger partial charge in [0, 0.05) is 11.8 Å². The van der Waals surface area contributed by atoms with Crippen molar-refractivity contribution in [2.45, 2.75) is 32.4 Å². The van der Waals surface area contributed by atoms with Gasteiger partial charge in [-0.3, -0.25) is 0 Å². The van der Waals surface area contributed by atoms with Crippen LogP contribution in [0.1, 0.15) is 31.1 Å². The van der Waals surface area contributed by atoms with Gasteiger partial charge in [-0.25, -0.2) is 0 Å². The molecular formula is C9H15N3OS. The summed E-state index contributed by atoms with van der Waals surface area (Å²) in [5.74, 6) is 3.85. The minimum atomic E-state index is 0.167. The Hall–Kier alpha value is -0.550. The van der Waals surface area contributed by atoms with Crippen molar-refractivity contribution in [3.63, 3.8) is 0 Å². The lowest BCUT2D eigenvalue weighted by Gasteiger charge is -2.14.